The zero-order chi connectivity index (χ0) is 8.74. The van der Waals surface area contributed by atoms with E-state index in [0.717, 1.165) is 5.38 Å². The quantitative estimate of drug-likeness (QED) is 0.493. The molecule has 0 atom stereocenters. The highest BCUT2D eigenvalue weighted by Crippen LogP contribution is 2.06. The van der Waals surface area contributed by atoms with Gasteiger partial charge >= 0.3 is 0 Å². The molecule has 0 spiro atoms. The van der Waals surface area contributed by atoms with Crippen molar-refractivity contribution in [3.8, 4) is 0 Å². The first-order valence-electron chi connectivity index (χ1n) is 3.38. The molecular weight excluding hydrogens is 180 g/mol. The number of hydrogen-bond donors (Lipinski definition) is 1. The molecule has 0 unspecified atom stereocenters. The van der Waals surface area contributed by atoms with Crippen LogP contribution in [0.2, 0.25) is 0 Å². The average Bonchev–Trinajstić information content (AvgIpc) is 2.04. The van der Waals surface area contributed by atoms with Crippen molar-refractivity contribution in [1.29, 1.82) is 0 Å². The van der Waals surface area contributed by atoms with Gasteiger partial charge in [-0.1, -0.05) is 0 Å². The number of methoxy groups -OCH3 is 2. The molecule has 0 amide bonds. The predicted molar refractivity (Wildman–Crippen MR) is 50.4 cm³/mol. The van der Waals surface area contributed by atoms with E-state index in [9.17, 15) is 0 Å². The fraction of sp³-hybridized carbons (Fsp3) is 1.00. The normalized spacial score (nSPS) is 12.0. The van der Waals surface area contributed by atoms with Crippen LogP contribution in [0.4, 0.5) is 0 Å². The standard InChI is InChI=1S/C6H16O3SSi/c1-7-4-11(6-10,9-3)5-8-2/h10H,4-6H2,1-3H3. The van der Waals surface area contributed by atoms with E-state index in [4.69, 9.17) is 13.9 Å². The summed E-state index contributed by atoms with van der Waals surface area (Å²) >= 11 is 4.23. The largest absolute Gasteiger partial charge is 0.415 e. The number of ether oxygens (including phenoxy) is 2. The van der Waals surface area contributed by atoms with E-state index < -0.39 is 8.32 Å². The average molecular weight is 196 g/mol. The van der Waals surface area contributed by atoms with Crippen LogP contribution in [0.15, 0.2) is 0 Å². The molecule has 3 nitrogen and oxygen atoms in total. The molecule has 11 heavy (non-hydrogen) atoms. The fourth-order valence-electron chi connectivity index (χ4n) is 0.841. The second kappa shape index (κ2) is 6.02. The van der Waals surface area contributed by atoms with Crippen molar-refractivity contribution in [2.45, 2.75) is 0 Å². The summed E-state index contributed by atoms with van der Waals surface area (Å²) in [6, 6.07) is 0. The van der Waals surface area contributed by atoms with Crippen LogP contribution in [0, 0.1) is 0 Å². The van der Waals surface area contributed by atoms with Crippen LogP contribution in [0.25, 0.3) is 0 Å². The summed E-state index contributed by atoms with van der Waals surface area (Å²) in [5.41, 5.74) is 0. The molecule has 0 saturated carbocycles. The Labute approximate surface area is 74.6 Å². The third-order valence-corrected chi connectivity index (χ3v) is 6.34. The first-order chi connectivity index (χ1) is 5.24. The first kappa shape index (κ1) is 11.4. The van der Waals surface area contributed by atoms with E-state index >= 15 is 0 Å². The van der Waals surface area contributed by atoms with Gasteiger partial charge in [0.05, 0.1) is 12.5 Å². The SMILES string of the molecule is COC[Si](CS)(COC)OC. The van der Waals surface area contributed by atoms with Crippen molar-refractivity contribution in [3.05, 3.63) is 0 Å². The number of thiol groups is 1. The van der Waals surface area contributed by atoms with Crippen LogP contribution >= 0.6 is 12.6 Å². The molecule has 0 aliphatic heterocycles. The second-order valence-corrected chi connectivity index (χ2v) is 7.03. The van der Waals surface area contributed by atoms with Gasteiger partial charge in [0, 0.05) is 26.7 Å². The Hall–Kier alpha value is 0.447. The molecular formula is C6H16O3SSi. The molecule has 0 aliphatic rings. The molecule has 0 heterocycles. The molecule has 0 aliphatic carbocycles. The first-order valence-corrected chi connectivity index (χ1v) is 6.55. The minimum atomic E-state index is -1.82. The highest BCUT2D eigenvalue weighted by Gasteiger charge is 2.32. The second-order valence-electron chi connectivity index (χ2n) is 2.41. The van der Waals surface area contributed by atoms with Gasteiger partial charge in [-0.2, -0.15) is 12.6 Å². The van der Waals surface area contributed by atoms with Gasteiger partial charge in [0.2, 0.25) is 0 Å². The zero-order valence-corrected chi connectivity index (χ0v) is 9.19. The fourth-order valence-corrected chi connectivity index (χ4v) is 3.46. The van der Waals surface area contributed by atoms with Gasteiger partial charge in [0.15, 0.2) is 0 Å². The third kappa shape index (κ3) is 3.57. The summed E-state index contributed by atoms with van der Waals surface area (Å²) in [5.74, 6) is 0. The minimum Gasteiger partial charge on any atom is -0.415 e. The van der Waals surface area contributed by atoms with E-state index in [2.05, 4.69) is 12.6 Å². The lowest BCUT2D eigenvalue weighted by molar-refractivity contribution is 0.183. The minimum absolute atomic E-state index is 0.640. The van der Waals surface area contributed by atoms with Crippen molar-refractivity contribution < 1.29 is 13.9 Å². The molecule has 0 aromatic carbocycles. The van der Waals surface area contributed by atoms with Crippen LogP contribution in [-0.4, -0.2) is 47.5 Å². The summed E-state index contributed by atoms with van der Waals surface area (Å²) in [6.07, 6.45) is 1.28. The number of hydrogen-bond acceptors (Lipinski definition) is 4. The summed E-state index contributed by atoms with van der Waals surface area (Å²) < 4.78 is 15.5. The van der Waals surface area contributed by atoms with Crippen molar-refractivity contribution in [2.75, 3.05) is 39.2 Å². The molecule has 0 saturated heterocycles. The third-order valence-electron chi connectivity index (χ3n) is 1.54. The maximum atomic E-state index is 5.38. The van der Waals surface area contributed by atoms with Gasteiger partial charge in [-0.05, 0) is 0 Å². The van der Waals surface area contributed by atoms with Crippen LogP contribution in [0.3, 0.4) is 0 Å². The Kier molecular flexibility index (Phi) is 6.26. The predicted octanol–water partition coefficient (Wildman–Crippen LogP) is 0.419. The molecule has 5 heteroatoms. The van der Waals surface area contributed by atoms with Crippen LogP contribution in [-0.2, 0) is 13.9 Å². The van der Waals surface area contributed by atoms with Gasteiger partial charge in [0.25, 0.3) is 8.32 Å². The molecule has 0 rings (SSSR count). The van der Waals surface area contributed by atoms with Crippen LogP contribution in [0.1, 0.15) is 0 Å². The van der Waals surface area contributed by atoms with Crippen molar-refractivity contribution >= 4 is 20.9 Å². The van der Waals surface area contributed by atoms with E-state index in [0.29, 0.717) is 12.5 Å². The van der Waals surface area contributed by atoms with Gasteiger partial charge in [-0.3, -0.25) is 0 Å². The van der Waals surface area contributed by atoms with Crippen molar-refractivity contribution in [3.63, 3.8) is 0 Å². The Morgan fingerprint density at radius 3 is 1.73 bits per heavy atom. The van der Waals surface area contributed by atoms with Crippen LogP contribution in [0.5, 0.6) is 0 Å². The molecule has 0 aromatic rings. The molecule has 0 N–H and O–H groups in total. The highest BCUT2D eigenvalue weighted by atomic mass is 32.1. The summed E-state index contributed by atoms with van der Waals surface area (Å²) in [5, 5.41) is 0.727. The van der Waals surface area contributed by atoms with E-state index in [1.807, 2.05) is 0 Å². The lowest BCUT2D eigenvalue weighted by atomic mass is 11.5. The van der Waals surface area contributed by atoms with Gasteiger partial charge < -0.3 is 13.9 Å². The summed E-state index contributed by atoms with van der Waals surface area (Å²) in [7, 11) is 3.20. The Morgan fingerprint density at radius 2 is 1.55 bits per heavy atom. The smallest absolute Gasteiger partial charge is 0.251 e. The van der Waals surface area contributed by atoms with E-state index in [1.54, 1.807) is 21.3 Å². The maximum absolute atomic E-state index is 5.38. The number of rotatable bonds is 6. The monoisotopic (exact) mass is 196 g/mol. The van der Waals surface area contributed by atoms with Gasteiger partial charge in [-0.25, -0.2) is 0 Å². The zero-order valence-electron chi connectivity index (χ0n) is 7.29. The topological polar surface area (TPSA) is 27.7 Å². The van der Waals surface area contributed by atoms with Crippen LogP contribution < -0.4 is 0 Å². The molecule has 68 valence electrons. The Bertz CT molecular complexity index is 89.8. The Balaban J connectivity index is 3.96. The highest BCUT2D eigenvalue weighted by molar-refractivity contribution is 7.82. The molecule has 0 bridgehead atoms. The van der Waals surface area contributed by atoms with E-state index in [-0.39, 0.29) is 0 Å². The molecule has 0 radical (unpaired) electrons. The molecule has 0 fully saturated rings. The maximum Gasteiger partial charge on any atom is 0.251 e. The van der Waals surface area contributed by atoms with Crippen molar-refractivity contribution in [2.24, 2.45) is 0 Å². The summed E-state index contributed by atoms with van der Waals surface area (Å²) in [4.78, 5) is 0. The lowest BCUT2D eigenvalue weighted by Gasteiger charge is -2.25. The lowest BCUT2D eigenvalue weighted by Crippen LogP contribution is -2.50. The molecule has 0 aromatic heterocycles. The van der Waals surface area contributed by atoms with Crippen molar-refractivity contribution in [1.82, 2.24) is 0 Å². The summed E-state index contributed by atoms with van der Waals surface area (Å²) in [6.45, 7) is 0. The van der Waals surface area contributed by atoms with Gasteiger partial charge in [0.1, 0.15) is 0 Å². The Morgan fingerprint density at radius 1 is 1.09 bits per heavy atom. The van der Waals surface area contributed by atoms with E-state index in [1.165, 1.54) is 0 Å². The van der Waals surface area contributed by atoms with Gasteiger partial charge in [-0.15, -0.1) is 0 Å².